The number of aryl methyl sites for hydroxylation is 1. The van der Waals surface area contributed by atoms with Crippen molar-refractivity contribution in [1.29, 1.82) is 0 Å². The van der Waals surface area contributed by atoms with Crippen LogP contribution in [0.3, 0.4) is 0 Å². The zero-order chi connectivity index (χ0) is 20.8. The van der Waals surface area contributed by atoms with E-state index in [1.807, 2.05) is 0 Å². The van der Waals surface area contributed by atoms with Crippen molar-refractivity contribution in [1.82, 2.24) is 14.8 Å². The molecule has 30 heavy (non-hydrogen) atoms. The van der Waals surface area contributed by atoms with E-state index in [2.05, 4.69) is 15.4 Å². The summed E-state index contributed by atoms with van der Waals surface area (Å²) in [5.74, 6) is -0.105. The lowest BCUT2D eigenvalue weighted by Gasteiger charge is -2.12. The molecule has 0 bridgehead atoms. The monoisotopic (exact) mass is 404 g/mol. The molecular weight excluding hydrogens is 387 g/mol. The number of amides is 1. The van der Waals surface area contributed by atoms with Gasteiger partial charge in [0.2, 0.25) is 5.43 Å². The number of rotatable bonds is 4. The molecule has 1 N–H and O–H groups in total. The van der Waals surface area contributed by atoms with Crippen molar-refractivity contribution in [3.63, 3.8) is 0 Å². The Bertz CT molecular complexity index is 1350. The van der Waals surface area contributed by atoms with Crippen LogP contribution in [0.4, 0.5) is 10.1 Å². The molecule has 1 aliphatic carbocycles. The number of carbonyl (C=O) groups excluding carboxylic acids is 1. The Balaban J connectivity index is 1.47. The average Bonchev–Trinajstić information content (AvgIpc) is 3.48. The highest BCUT2D eigenvalue weighted by Crippen LogP contribution is 2.40. The molecule has 150 valence electrons. The van der Waals surface area contributed by atoms with Gasteiger partial charge in [0.1, 0.15) is 17.0 Å². The molecule has 2 aromatic heterocycles. The minimum absolute atomic E-state index is 0.153. The molecule has 1 fully saturated rings. The second-order valence-electron chi connectivity index (χ2n) is 7.32. The molecule has 1 amide bonds. The second-order valence-corrected chi connectivity index (χ2v) is 7.32. The summed E-state index contributed by atoms with van der Waals surface area (Å²) >= 11 is 0. The number of halogens is 1. The molecule has 5 rings (SSSR count). The highest BCUT2D eigenvalue weighted by Gasteiger charge is 2.29. The highest BCUT2D eigenvalue weighted by atomic mass is 19.1. The molecule has 0 unspecified atom stereocenters. The first-order valence-electron chi connectivity index (χ1n) is 9.57. The largest absolute Gasteiger partial charge is 0.440 e. The van der Waals surface area contributed by atoms with Crippen molar-refractivity contribution in [3.05, 3.63) is 81.9 Å². The Kier molecular flexibility index (Phi) is 4.20. The molecule has 0 aliphatic heterocycles. The van der Waals surface area contributed by atoms with Crippen molar-refractivity contribution >= 4 is 22.7 Å². The Morgan fingerprint density at radius 3 is 2.77 bits per heavy atom. The summed E-state index contributed by atoms with van der Waals surface area (Å²) in [7, 11) is 0. The predicted octanol–water partition coefficient (Wildman–Crippen LogP) is 3.95. The fourth-order valence-corrected chi connectivity index (χ4v) is 3.29. The summed E-state index contributed by atoms with van der Waals surface area (Å²) < 4.78 is 21.2. The number of benzene rings is 2. The van der Waals surface area contributed by atoms with Gasteiger partial charge in [-0.2, -0.15) is 5.10 Å². The van der Waals surface area contributed by atoms with Gasteiger partial charge in [0.05, 0.1) is 0 Å². The number of para-hydroxylation sites is 1. The normalized spacial score (nSPS) is 13.5. The topological polar surface area (TPSA) is 90.0 Å². The number of oxazole rings is 1. The maximum atomic E-state index is 14.2. The average molecular weight is 404 g/mol. The van der Waals surface area contributed by atoms with Crippen molar-refractivity contribution in [2.45, 2.75) is 25.7 Å². The van der Waals surface area contributed by atoms with Crippen LogP contribution in [0.2, 0.25) is 0 Å². The molecule has 7 nitrogen and oxygen atoms in total. The van der Waals surface area contributed by atoms with E-state index in [-0.39, 0.29) is 11.4 Å². The smallest absolute Gasteiger partial charge is 0.280 e. The molecule has 0 spiro atoms. The number of fused-ring (bicyclic) bond motifs is 1. The number of carbonyl (C=O) groups is 1. The minimum Gasteiger partial charge on any atom is -0.440 e. The molecule has 0 saturated heterocycles. The lowest BCUT2D eigenvalue weighted by atomic mass is 10.2. The number of nitrogens with zero attached hydrogens (tertiary/aromatic N) is 3. The maximum Gasteiger partial charge on any atom is 0.280 e. The Labute approximate surface area is 170 Å². The van der Waals surface area contributed by atoms with Gasteiger partial charge < -0.3 is 9.73 Å². The van der Waals surface area contributed by atoms with Crippen molar-refractivity contribution in [3.8, 4) is 5.69 Å². The highest BCUT2D eigenvalue weighted by molar-refractivity contribution is 6.03. The van der Waals surface area contributed by atoms with Crippen molar-refractivity contribution < 1.29 is 13.6 Å². The van der Waals surface area contributed by atoms with E-state index in [1.165, 1.54) is 22.9 Å². The van der Waals surface area contributed by atoms with Crippen LogP contribution in [0, 0.1) is 12.7 Å². The summed E-state index contributed by atoms with van der Waals surface area (Å²) in [4.78, 5) is 29.6. The molecule has 1 aliphatic rings. The maximum absolute atomic E-state index is 14.2. The van der Waals surface area contributed by atoms with Gasteiger partial charge in [-0.25, -0.2) is 14.1 Å². The molecule has 0 radical (unpaired) electrons. The van der Waals surface area contributed by atoms with Gasteiger partial charge in [-0.1, -0.05) is 12.1 Å². The standard InChI is InChI=1S/C22H17FN4O3/c1-12-10-18(28)20(26-27(12)17-5-3-2-4-15(17)23)21(29)24-14-8-9-19-16(11-14)25-22(30-19)13-6-7-13/h2-5,8-11,13H,6-7H2,1H3,(H,24,29). The van der Waals surface area contributed by atoms with Gasteiger partial charge in [-0.05, 0) is 50.1 Å². The predicted molar refractivity (Wildman–Crippen MR) is 108 cm³/mol. The summed E-state index contributed by atoms with van der Waals surface area (Å²) in [5, 5.41) is 6.78. The van der Waals surface area contributed by atoms with Crippen LogP contribution in [0.1, 0.15) is 40.8 Å². The van der Waals surface area contributed by atoms with Gasteiger partial charge in [0.25, 0.3) is 5.91 Å². The third-order valence-corrected chi connectivity index (χ3v) is 4.99. The van der Waals surface area contributed by atoms with Crippen LogP contribution in [0.25, 0.3) is 16.8 Å². The molecule has 4 aromatic rings. The van der Waals surface area contributed by atoms with Gasteiger partial charge in [-0.15, -0.1) is 0 Å². The van der Waals surface area contributed by atoms with Crippen molar-refractivity contribution in [2.24, 2.45) is 0 Å². The third-order valence-electron chi connectivity index (χ3n) is 4.99. The fourth-order valence-electron chi connectivity index (χ4n) is 3.29. The zero-order valence-corrected chi connectivity index (χ0v) is 16.1. The lowest BCUT2D eigenvalue weighted by molar-refractivity contribution is 0.101. The first kappa shape index (κ1) is 18.2. The number of aromatic nitrogens is 3. The lowest BCUT2D eigenvalue weighted by Crippen LogP contribution is -2.27. The van der Waals surface area contributed by atoms with Gasteiger partial charge >= 0.3 is 0 Å². The number of nitrogens with one attached hydrogen (secondary N) is 1. The van der Waals surface area contributed by atoms with E-state index in [9.17, 15) is 14.0 Å². The van der Waals surface area contributed by atoms with Crippen LogP contribution in [-0.4, -0.2) is 20.7 Å². The Morgan fingerprint density at radius 1 is 1.20 bits per heavy atom. The van der Waals surface area contributed by atoms with Crippen LogP contribution in [-0.2, 0) is 0 Å². The Hall–Kier alpha value is -3.81. The summed E-state index contributed by atoms with van der Waals surface area (Å²) in [6, 6.07) is 12.4. The molecule has 8 heteroatoms. The quantitative estimate of drug-likeness (QED) is 0.556. The minimum atomic E-state index is -0.685. The van der Waals surface area contributed by atoms with Crippen molar-refractivity contribution in [2.75, 3.05) is 5.32 Å². The molecule has 2 heterocycles. The van der Waals surface area contributed by atoms with Gasteiger partial charge in [-0.3, -0.25) is 9.59 Å². The van der Waals surface area contributed by atoms with Gasteiger partial charge in [0, 0.05) is 23.4 Å². The number of hydrogen-bond donors (Lipinski definition) is 1. The summed E-state index contributed by atoms with van der Waals surface area (Å²) in [6.45, 7) is 1.62. The zero-order valence-electron chi connectivity index (χ0n) is 16.1. The van der Waals surface area contributed by atoms with Crippen LogP contribution < -0.4 is 10.7 Å². The van der Waals surface area contributed by atoms with Crippen LogP contribution >= 0.6 is 0 Å². The van der Waals surface area contributed by atoms with E-state index < -0.39 is 17.2 Å². The van der Waals surface area contributed by atoms with Gasteiger partial charge in [0.15, 0.2) is 17.2 Å². The number of hydrogen-bond acceptors (Lipinski definition) is 5. The SMILES string of the molecule is Cc1cc(=O)c(C(=O)Nc2ccc3oc(C4CC4)nc3c2)nn1-c1ccccc1F. The molecular formula is C22H17FN4O3. The molecule has 1 saturated carbocycles. The Morgan fingerprint density at radius 2 is 2.00 bits per heavy atom. The molecule has 0 atom stereocenters. The van der Waals surface area contributed by atoms with E-state index in [1.54, 1.807) is 37.3 Å². The summed E-state index contributed by atoms with van der Waals surface area (Å²) in [6.07, 6.45) is 2.15. The van der Waals surface area contributed by atoms with E-state index in [4.69, 9.17) is 4.42 Å². The number of anilines is 1. The first-order chi connectivity index (χ1) is 14.5. The van der Waals surface area contributed by atoms with Crippen LogP contribution in [0.5, 0.6) is 0 Å². The van der Waals surface area contributed by atoms with E-state index in [0.717, 1.165) is 12.8 Å². The third kappa shape index (κ3) is 3.26. The van der Waals surface area contributed by atoms with E-state index in [0.29, 0.717) is 34.3 Å². The van der Waals surface area contributed by atoms with E-state index >= 15 is 0 Å². The second kappa shape index (κ2) is 6.91. The fraction of sp³-hybridized carbons (Fsp3) is 0.182. The summed E-state index contributed by atoms with van der Waals surface area (Å²) in [5.41, 5.74) is 1.43. The molecule has 2 aromatic carbocycles. The first-order valence-corrected chi connectivity index (χ1v) is 9.57. The van der Waals surface area contributed by atoms with Crippen LogP contribution in [0.15, 0.2) is 57.7 Å².